The van der Waals surface area contributed by atoms with Gasteiger partial charge in [-0.15, -0.1) is 0 Å². The van der Waals surface area contributed by atoms with Gasteiger partial charge in [0, 0.05) is 35.7 Å². The Balaban J connectivity index is 2.10. The van der Waals surface area contributed by atoms with Crippen molar-refractivity contribution in [2.24, 2.45) is 0 Å². The summed E-state index contributed by atoms with van der Waals surface area (Å²) in [6.45, 7) is 3.64. The number of amides is 1. The Bertz CT molecular complexity index is 652. The molecule has 0 saturated carbocycles. The topological polar surface area (TPSA) is 59.2 Å². The largest absolute Gasteiger partial charge is 0.398 e. The predicted molar refractivity (Wildman–Crippen MR) is 80.6 cm³/mol. The minimum Gasteiger partial charge on any atom is -0.398 e. The van der Waals surface area contributed by atoms with Gasteiger partial charge in [0.15, 0.2) is 0 Å². The van der Waals surface area contributed by atoms with Crippen molar-refractivity contribution in [2.75, 3.05) is 18.8 Å². The van der Waals surface area contributed by atoms with Gasteiger partial charge in [0.25, 0.3) is 5.91 Å². The third kappa shape index (κ3) is 2.11. The van der Waals surface area contributed by atoms with E-state index in [0.717, 1.165) is 42.3 Å². The smallest absolute Gasteiger partial charge is 0.273 e. The summed E-state index contributed by atoms with van der Waals surface area (Å²) < 4.78 is 0. The Labute approximate surface area is 118 Å². The number of hydrogen-bond donors (Lipinski definition) is 1. The molecule has 4 nitrogen and oxygen atoms in total. The van der Waals surface area contributed by atoms with E-state index in [2.05, 4.69) is 4.98 Å². The number of carbonyl (C=O) groups excluding carboxylic acids is 1. The first kappa shape index (κ1) is 12.9. The maximum Gasteiger partial charge on any atom is 0.273 e. The number of hydrogen-bond acceptors (Lipinski definition) is 3. The van der Waals surface area contributed by atoms with Crippen LogP contribution in [0.15, 0.2) is 24.4 Å². The summed E-state index contributed by atoms with van der Waals surface area (Å²) in [7, 11) is 0. The third-order valence-electron chi connectivity index (χ3n) is 3.98. The van der Waals surface area contributed by atoms with E-state index in [0.29, 0.717) is 11.4 Å². The Hall–Kier alpha value is -2.10. The van der Waals surface area contributed by atoms with Crippen LogP contribution >= 0.6 is 0 Å². The lowest BCUT2D eigenvalue weighted by molar-refractivity contribution is 0.0720. The van der Waals surface area contributed by atoms with Crippen LogP contribution in [0.2, 0.25) is 0 Å². The van der Waals surface area contributed by atoms with Crippen LogP contribution < -0.4 is 5.73 Å². The van der Waals surface area contributed by atoms with Gasteiger partial charge in [-0.25, -0.2) is 0 Å². The molecule has 1 saturated heterocycles. The Morgan fingerprint density at radius 2 is 2.00 bits per heavy atom. The van der Waals surface area contributed by atoms with Crippen LogP contribution in [0.3, 0.4) is 0 Å². The van der Waals surface area contributed by atoms with Gasteiger partial charge in [-0.3, -0.25) is 9.78 Å². The summed E-state index contributed by atoms with van der Waals surface area (Å²) in [5, 5.41) is 1.81. The molecule has 1 aromatic heterocycles. The number of likely N-dealkylation sites (tertiary alicyclic amines) is 1. The summed E-state index contributed by atoms with van der Waals surface area (Å²) >= 11 is 0. The maximum absolute atomic E-state index is 12.7. The highest BCUT2D eigenvalue weighted by molar-refractivity contribution is 6.09. The summed E-state index contributed by atoms with van der Waals surface area (Å²) in [6, 6.07) is 5.68. The van der Waals surface area contributed by atoms with Crippen molar-refractivity contribution in [1.82, 2.24) is 9.88 Å². The van der Waals surface area contributed by atoms with Gasteiger partial charge in [-0.1, -0.05) is 12.1 Å². The third-order valence-corrected chi connectivity index (χ3v) is 3.98. The molecule has 3 rings (SSSR count). The fourth-order valence-electron chi connectivity index (χ4n) is 2.92. The number of piperidine rings is 1. The number of fused-ring (bicyclic) bond motifs is 1. The second-order valence-corrected chi connectivity index (χ2v) is 5.41. The average molecular weight is 269 g/mol. The van der Waals surface area contributed by atoms with Gasteiger partial charge in [-0.05, 0) is 37.8 Å². The Morgan fingerprint density at radius 3 is 2.75 bits per heavy atom. The Morgan fingerprint density at radius 1 is 1.25 bits per heavy atom. The number of nitrogens with two attached hydrogens (primary N) is 1. The monoisotopic (exact) mass is 269 g/mol. The molecule has 2 aromatic rings. The van der Waals surface area contributed by atoms with E-state index >= 15 is 0 Å². The van der Waals surface area contributed by atoms with Crippen molar-refractivity contribution in [3.05, 3.63) is 35.7 Å². The van der Waals surface area contributed by atoms with Gasteiger partial charge < -0.3 is 10.6 Å². The molecule has 0 bridgehead atoms. The average Bonchev–Trinajstić information content (AvgIpc) is 2.48. The van der Waals surface area contributed by atoms with Crippen LogP contribution in [-0.4, -0.2) is 28.9 Å². The molecule has 1 aromatic carbocycles. The van der Waals surface area contributed by atoms with E-state index < -0.39 is 0 Å². The van der Waals surface area contributed by atoms with Crippen LogP contribution in [0.25, 0.3) is 10.8 Å². The minimum absolute atomic E-state index is 0.0281. The standard InChI is InChI=1S/C16H19N3O/c1-11-10-18-15(12-6-5-7-13(17)14(11)12)16(20)19-8-3-2-4-9-19/h5-7,10H,2-4,8-9,17H2,1H3. The number of anilines is 1. The number of aromatic nitrogens is 1. The van der Waals surface area contributed by atoms with Crippen LogP contribution in [0.4, 0.5) is 5.69 Å². The van der Waals surface area contributed by atoms with Crippen LogP contribution in [0.1, 0.15) is 35.3 Å². The van der Waals surface area contributed by atoms with Crippen molar-refractivity contribution in [2.45, 2.75) is 26.2 Å². The molecule has 0 aliphatic carbocycles. The molecule has 20 heavy (non-hydrogen) atoms. The lowest BCUT2D eigenvalue weighted by Crippen LogP contribution is -2.36. The van der Waals surface area contributed by atoms with Crippen molar-refractivity contribution in [1.29, 1.82) is 0 Å². The number of pyridine rings is 1. The van der Waals surface area contributed by atoms with Gasteiger partial charge in [0.05, 0.1) is 0 Å². The lowest BCUT2D eigenvalue weighted by Gasteiger charge is -2.26. The minimum atomic E-state index is 0.0281. The normalized spacial score (nSPS) is 15.6. The van der Waals surface area contributed by atoms with Crippen LogP contribution in [-0.2, 0) is 0 Å². The summed E-state index contributed by atoms with van der Waals surface area (Å²) in [4.78, 5) is 18.9. The number of rotatable bonds is 1. The molecule has 4 heteroatoms. The predicted octanol–water partition coefficient (Wildman–Crippen LogP) is 2.75. The quantitative estimate of drug-likeness (QED) is 0.810. The van der Waals surface area contributed by atoms with Crippen molar-refractivity contribution < 1.29 is 4.79 Å². The van der Waals surface area contributed by atoms with Gasteiger partial charge >= 0.3 is 0 Å². The fourth-order valence-corrected chi connectivity index (χ4v) is 2.92. The molecule has 1 aliphatic rings. The second-order valence-electron chi connectivity index (χ2n) is 5.41. The highest BCUT2D eigenvalue weighted by atomic mass is 16.2. The molecule has 2 heterocycles. The molecule has 0 spiro atoms. The van der Waals surface area contributed by atoms with Gasteiger partial charge in [-0.2, -0.15) is 0 Å². The van der Waals surface area contributed by atoms with E-state index in [4.69, 9.17) is 5.73 Å². The van der Waals surface area contributed by atoms with E-state index in [1.807, 2.05) is 30.0 Å². The second kappa shape index (κ2) is 5.12. The van der Waals surface area contributed by atoms with Crippen molar-refractivity contribution >= 4 is 22.4 Å². The van der Waals surface area contributed by atoms with Crippen molar-refractivity contribution in [3.63, 3.8) is 0 Å². The maximum atomic E-state index is 12.7. The molecule has 1 fully saturated rings. The molecule has 0 radical (unpaired) electrons. The Kier molecular flexibility index (Phi) is 3.30. The number of carbonyl (C=O) groups is 1. The van der Waals surface area contributed by atoms with E-state index in [1.165, 1.54) is 6.42 Å². The fraction of sp³-hybridized carbons (Fsp3) is 0.375. The molecule has 104 valence electrons. The van der Waals surface area contributed by atoms with E-state index in [9.17, 15) is 4.79 Å². The molecular weight excluding hydrogens is 250 g/mol. The highest BCUT2D eigenvalue weighted by Crippen LogP contribution is 2.27. The molecule has 2 N–H and O–H groups in total. The number of nitrogen functional groups attached to an aromatic ring is 1. The molecule has 0 atom stereocenters. The first-order chi connectivity index (χ1) is 9.68. The summed E-state index contributed by atoms with van der Waals surface area (Å²) in [5.74, 6) is 0.0281. The van der Waals surface area contributed by atoms with Crippen LogP contribution in [0, 0.1) is 6.92 Å². The highest BCUT2D eigenvalue weighted by Gasteiger charge is 2.22. The van der Waals surface area contributed by atoms with E-state index in [1.54, 1.807) is 6.20 Å². The van der Waals surface area contributed by atoms with Crippen molar-refractivity contribution in [3.8, 4) is 0 Å². The summed E-state index contributed by atoms with van der Waals surface area (Å²) in [5.41, 5.74) is 8.29. The van der Waals surface area contributed by atoms with Gasteiger partial charge in [0.2, 0.25) is 0 Å². The molecule has 0 unspecified atom stereocenters. The zero-order valence-electron chi connectivity index (χ0n) is 11.7. The first-order valence-corrected chi connectivity index (χ1v) is 7.11. The van der Waals surface area contributed by atoms with Gasteiger partial charge in [0.1, 0.15) is 5.69 Å². The summed E-state index contributed by atoms with van der Waals surface area (Å²) in [6.07, 6.45) is 5.12. The number of benzene rings is 1. The zero-order valence-corrected chi connectivity index (χ0v) is 11.7. The number of nitrogens with zero attached hydrogens (tertiary/aromatic N) is 2. The van der Waals surface area contributed by atoms with Crippen LogP contribution in [0.5, 0.6) is 0 Å². The number of aryl methyl sites for hydroxylation is 1. The lowest BCUT2D eigenvalue weighted by atomic mass is 10.0. The zero-order chi connectivity index (χ0) is 14.1. The van der Waals surface area contributed by atoms with E-state index in [-0.39, 0.29) is 5.91 Å². The first-order valence-electron chi connectivity index (χ1n) is 7.11. The molecule has 1 aliphatic heterocycles. The SMILES string of the molecule is Cc1cnc(C(=O)N2CCCCC2)c2cccc(N)c12. The molecule has 1 amide bonds. The molecular formula is C16H19N3O.